The largest absolute Gasteiger partial charge is 0.273 e. The second-order valence-corrected chi connectivity index (χ2v) is 6.10. The Labute approximate surface area is 136 Å². The van der Waals surface area contributed by atoms with E-state index in [1.165, 1.54) is 24.1 Å². The number of amides is 1. The van der Waals surface area contributed by atoms with E-state index >= 15 is 0 Å². The third-order valence-corrected chi connectivity index (χ3v) is 4.19. The van der Waals surface area contributed by atoms with Crippen molar-refractivity contribution in [3.8, 4) is 0 Å². The van der Waals surface area contributed by atoms with Crippen LogP contribution in [0.15, 0.2) is 58.1 Å². The second-order valence-electron chi connectivity index (χ2n) is 5.19. The number of hydrogen-bond donors (Lipinski definition) is 0. The molecule has 5 heteroatoms. The first-order valence-corrected chi connectivity index (χ1v) is 7.72. The Morgan fingerprint density at radius 1 is 1.18 bits per heavy atom. The van der Waals surface area contributed by atoms with Crippen LogP contribution in [0.25, 0.3) is 0 Å². The van der Waals surface area contributed by atoms with Crippen LogP contribution in [0.1, 0.15) is 30.5 Å². The lowest BCUT2D eigenvalue weighted by Gasteiger charge is -2.20. The van der Waals surface area contributed by atoms with Crippen LogP contribution < -0.4 is 0 Å². The van der Waals surface area contributed by atoms with Crippen LogP contribution >= 0.6 is 15.9 Å². The van der Waals surface area contributed by atoms with Gasteiger partial charge in [-0.25, -0.2) is 9.40 Å². The zero-order valence-corrected chi connectivity index (χ0v) is 13.5. The molecule has 0 fully saturated rings. The van der Waals surface area contributed by atoms with Crippen LogP contribution in [-0.4, -0.2) is 16.6 Å². The van der Waals surface area contributed by atoms with Crippen molar-refractivity contribution in [2.75, 3.05) is 0 Å². The van der Waals surface area contributed by atoms with Crippen molar-refractivity contribution < 1.29 is 9.18 Å². The van der Waals surface area contributed by atoms with Crippen LogP contribution in [0.3, 0.4) is 0 Å². The third-order valence-electron chi connectivity index (χ3n) is 3.67. The van der Waals surface area contributed by atoms with E-state index in [1.807, 2.05) is 24.3 Å². The number of benzene rings is 2. The van der Waals surface area contributed by atoms with Gasteiger partial charge in [-0.15, -0.1) is 0 Å². The molecule has 0 aliphatic carbocycles. The Morgan fingerprint density at radius 2 is 1.82 bits per heavy atom. The molecular formula is C17H14BrFN2O. The molecular weight excluding hydrogens is 347 g/mol. The summed E-state index contributed by atoms with van der Waals surface area (Å²) in [5, 5.41) is 5.94. The second kappa shape index (κ2) is 6.01. The van der Waals surface area contributed by atoms with E-state index in [4.69, 9.17) is 0 Å². The van der Waals surface area contributed by atoms with Crippen molar-refractivity contribution >= 4 is 27.5 Å². The molecule has 0 radical (unpaired) electrons. The summed E-state index contributed by atoms with van der Waals surface area (Å²) in [6, 6.07) is 13.9. The number of carbonyl (C=O) groups excluding carboxylic acids is 1. The van der Waals surface area contributed by atoms with Gasteiger partial charge in [0.05, 0.1) is 11.8 Å². The summed E-state index contributed by atoms with van der Waals surface area (Å²) < 4.78 is 14.1. The minimum absolute atomic E-state index is 0.124. The van der Waals surface area contributed by atoms with Crippen LogP contribution in [0, 0.1) is 5.82 Å². The predicted molar refractivity (Wildman–Crippen MR) is 87.0 cm³/mol. The van der Waals surface area contributed by atoms with E-state index in [-0.39, 0.29) is 17.8 Å². The number of halogens is 2. The fourth-order valence-electron chi connectivity index (χ4n) is 2.56. The summed E-state index contributed by atoms with van der Waals surface area (Å²) in [4.78, 5) is 11.9. The van der Waals surface area contributed by atoms with Crippen molar-refractivity contribution in [1.82, 2.24) is 5.01 Å². The fraction of sp³-hybridized carbons (Fsp3) is 0.176. The Bertz CT molecular complexity index is 725. The normalized spacial score (nSPS) is 17.5. The van der Waals surface area contributed by atoms with Gasteiger partial charge in [0.15, 0.2) is 0 Å². The monoisotopic (exact) mass is 360 g/mol. The molecule has 0 spiro atoms. The number of nitrogens with zero attached hydrogens (tertiary/aromatic N) is 2. The molecule has 0 unspecified atom stereocenters. The van der Waals surface area contributed by atoms with Crippen LogP contribution in [-0.2, 0) is 4.79 Å². The molecule has 0 N–H and O–H groups in total. The van der Waals surface area contributed by atoms with Crippen LogP contribution in [0.2, 0.25) is 0 Å². The molecule has 0 aromatic heterocycles. The molecule has 1 heterocycles. The SMILES string of the molecule is CC(=O)N1N=C(c2ccc(Br)cc2)C[C@H]1c1ccc(F)cc1. The molecule has 0 saturated carbocycles. The van der Waals surface area contributed by atoms with E-state index in [2.05, 4.69) is 21.0 Å². The maximum atomic E-state index is 13.1. The lowest BCUT2D eigenvalue weighted by molar-refractivity contribution is -0.130. The molecule has 3 nitrogen and oxygen atoms in total. The first kappa shape index (κ1) is 14.9. The predicted octanol–water partition coefficient (Wildman–Crippen LogP) is 4.29. The Morgan fingerprint density at radius 3 is 2.41 bits per heavy atom. The summed E-state index contributed by atoms with van der Waals surface area (Å²) in [5.41, 5.74) is 2.73. The molecule has 1 aliphatic rings. The molecule has 0 bridgehead atoms. The highest BCUT2D eigenvalue weighted by Gasteiger charge is 2.31. The molecule has 1 amide bonds. The minimum Gasteiger partial charge on any atom is -0.273 e. The first-order chi connectivity index (χ1) is 10.5. The summed E-state index contributed by atoms with van der Waals surface area (Å²) in [7, 11) is 0. The Balaban J connectivity index is 1.92. The lowest BCUT2D eigenvalue weighted by atomic mass is 9.98. The van der Waals surface area contributed by atoms with Gasteiger partial charge in [0.2, 0.25) is 5.91 Å². The highest BCUT2D eigenvalue weighted by Crippen LogP contribution is 2.33. The average molecular weight is 361 g/mol. The van der Waals surface area contributed by atoms with Gasteiger partial charge >= 0.3 is 0 Å². The first-order valence-electron chi connectivity index (χ1n) is 6.93. The zero-order chi connectivity index (χ0) is 15.7. The number of hydrazone groups is 1. The summed E-state index contributed by atoms with van der Waals surface area (Å²) in [6.07, 6.45) is 0.618. The lowest BCUT2D eigenvalue weighted by Crippen LogP contribution is -2.24. The molecule has 22 heavy (non-hydrogen) atoms. The Kier molecular flexibility index (Phi) is 4.07. The summed E-state index contributed by atoms with van der Waals surface area (Å²) in [5.74, 6) is -0.411. The molecule has 2 aromatic carbocycles. The zero-order valence-electron chi connectivity index (χ0n) is 12.0. The molecule has 1 aliphatic heterocycles. The van der Waals surface area contributed by atoms with Gasteiger partial charge in [-0.2, -0.15) is 5.10 Å². The van der Waals surface area contributed by atoms with E-state index < -0.39 is 0 Å². The van der Waals surface area contributed by atoms with E-state index in [9.17, 15) is 9.18 Å². The quantitative estimate of drug-likeness (QED) is 0.786. The molecule has 0 saturated heterocycles. The van der Waals surface area contributed by atoms with Crippen molar-refractivity contribution in [3.05, 3.63) is 69.9 Å². The molecule has 1 atom stereocenters. The molecule has 2 aromatic rings. The van der Waals surface area contributed by atoms with Gasteiger partial charge in [0.25, 0.3) is 0 Å². The maximum absolute atomic E-state index is 13.1. The fourth-order valence-corrected chi connectivity index (χ4v) is 2.83. The number of carbonyl (C=O) groups is 1. The van der Waals surface area contributed by atoms with E-state index in [0.29, 0.717) is 6.42 Å². The summed E-state index contributed by atoms with van der Waals surface area (Å²) in [6.45, 7) is 1.49. The standard InChI is InChI=1S/C17H14BrFN2O/c1-11(22)21-17(13-4-8-15(19)9-5-13)10-16(20-21)12-2-6-14(18)7-3-12/h2-9,17H,10H2,1H3/t17-/m0/s1. The van der Waals surface area contributed by atoms with Gasteiger partial charge < -0.3 is 0 Å². The van der Waals surface area contributed by atoms with Gasteiger partial charge in [0.1, 0.15) is 5.82 Å². The highest BCUT2D eigenvalue weighted by atomic mass is 79.9. The number of hydrogen-bond acceptors (Lipinski definition) is 2. The van der Waals surface area contributed by atoms with Crippen molar-refractivity contribution in [2.24, 2.45) is 5.10 Å². The summed E-state index contributed by atoms with van der Waals surface area (Å²) >= 11 is 3.40. The van der Waals surface area contributed by atoms with Gasteiger partial charge in [-0.1, -0.05) is 40.2 Å². The van der Waals surface area contributed by atoms with Crippen LogP contribution in [0.5, 0.6) is 0 Å². The van der Waals surface area contributed by atoms with Gasteiger partial charge in [-0.05, 0) is 35.4 Å². The smallest absolute Gasteiger partial charge is 0.240 e. The van der Waals surface area contributed by atoms with Crippen molar-refractivity contribution in [2.45, 2.75) is 19.4 Å². The molecule has 3 rings (SSSR count). The van der Waals surface area contributed by atoms with Gasteiger partial charge in [-0.3, -0.25) is 4.79 Å². The third kappa shape index (κ3) is 2.95. The topological polar surface area (TPSA) is 32.7 Å². The van der Waals surface area contributed by atoms with Gasteiger partial charge in [0, 0.05) is 17.8 Å². The maximum Gasteiger partial charge on any atom is 0.240 e. The number of rotatable bonds is 2. The van der Waals surface area contributed by atoms with Crippen molar-refractivity contribution in [1.29, 1.82) is 0 Å². The average Bonchev–Trinajstić information content (AvgIpc) is 2.94. The van der Waals surface area contributed by atoms with E-state index in [0.717, 1.165) is 21.3 Å². The van der Waals surface area contributed by atoms with Crippen molar-refractivity contribution in [3.63, 3.8) is 0 Å². The molecule has 112 valence electrons. The minimum atomic E-state index is -0.287. The highest BCUT2D eigenvalue weighted by molar-refractivity contribution is 9.10. The van der Waals surface area contributed by atoms with E-state index in [1.54, 1.807) is 12.1 Å². The Hall–Kier alpha value is -2.01. The van der Waals surface area contributed by atoms with Crippen LogP contribution in [0.4, 0.5) is 4.39 Å².